The molecule has 1 heterocycles. The quantitative estimate of drug-likeness (QED) is 0.898. The minimum atomic E-state index is -0.0542. The largest absolute Gasteiger partial charge is 0.390 e. The zero-order valence-electron chi connectivity index (χ0n) is 11.1. The number of aryl methyl sites for hydroxylation is 1. The standard InChI is InChI=1S/C14H19N3O/c1-10(2)14-13(9-18)15-16-17(14)8-12-6-4-5-11(3)7-12/h4-7,10,18H,8-9H2,1-3H3. The number of hydrogen-bond acceptors (Lipinski definition) is 3. The van der Waals surface area contributed by atoms with Crippen LogP contribution in [0.1, 0.15) is 42.3 Å². The van der Waals surface area contributed by atoms with Crippen molar-refractivity contribution in [3.63, 3.8) is 0 Å². The lowest BCUT2D eigenvalue weighted by atomic mass is 10.1. The number of rotatable bonds is 4. The summed E-state index contributed by atoms with van der Waals surface area (Å²) in [6, 6.07) is 8.35. The molecule has 1 aromatic heterocycles. The van der Waals surface area contributed by atoms with Crippen LogP contribution in [0.4, 0.5) is 0 Å². The third-order valence-corrected chi connectivity index (χ3v) is 2.96. The summed E-state index contributed by atoms with van der Waals surface area (Å²) in [5, 5.41) is 17.5. The Morgan fingerprint density at radius 2 is 2.11 bits per heavy atom. The van der Waals surface area contributed by atoms with Crippen molar-refractivity contribution in [2.24, 2.45) is 0 Å². The lowest BCUT2D eigenvalue weighted by Gasteiger charge is -2.10. The van der Waals surface area contributed by atoms with Crippen molar-refractivity contribution in [2.45, 2.75) is 39.8 Å². The van der Waals surface area contributed by atoms with Gasteiger partial charge in [-0.05, 0) is 18.4 Å². The van der Waals surface area contributed by atoms with Crippen molar-refractivity contribution in [1.82, 2.24) is 15.0 Å². The highest BCUT2D eigenvalue weighted by Crippen LogP contribution is 2.19. The molecule has 18 heavy (non-hydrogen) atoms. The molecule has 0 spiro atoms. The maximum Gasteiger partial charge on any atom is 0.112 e. The molecular weight excluding hydrogens is 226 g/mol. The predicted molar refractivity (Wildman–Crippen MR) is 70.3 cm³/mol. The summed E-state index contributed by atoms with van der Waals surface area (Å²) in [5.74, 6) is 0.298. The third-order valence-electron chi connectivity index (χ3n) is 2.96. The van der Waals surface area contributed by atoms with Crippen molar-refractivity contribution in [3.05, 3.63) is 46.8 Å². The van der Waals surface area contributed by atoms with Gasteiger partial charge in [0.05, 0.1) is 18.8 Å². The summed E-state index contributed by atoms with van der Waals surface area (Å²) in [6.07, 6.45) is 0. The van der Waals surface area contributed by atoms with Gasteiger partial charge in [-0.15, -0.1) is 5.10 Å². The monoisotopic (exact) mass is 245 g/mol. The molecule has 0 radical (unpaired) electrons. The van der Waals surface area contributed by atoms with Crippen LogP contribution in [-0.4, -0.2) is 20.1 Å². The zero-order chi connectivity index (χ0) is 13.1. The number of nitrogens with zero attached hydrogens (tertiary/aromatic N) is 3. The predicted octanol–water partition coefficient (Wildman–Crippen LogP) is 2.25. The van der Waals surface area contributed by atoms with Crippen LogP contribution in [0.3, 0.4) is 0 Å². The number of hydrogen-bond donors (Lipinski definition) is 1. The van der Waals surface area contributed by atoms with E-state index in [-0.39, 0.29) is 6.61 Å². The van der Waals surface area contributed by atoms with Crippen molar-refractivity contribution in [2.75, 3.05) is 0 Å². The first-order valence-electron chi connectivity index (χ1n) is 6.20. The van der Waals surface area contributed by atoms with Crippen LogP contribution in [0.5, 0.6) is 0 Å². The lowest BCUT2D eigenvalue weighted by Crippen LogP contribution is -2.09. The smallest absolute Gasteiger partial charge is 0.112 e. The van der Waals surface area contributed by atoms with E-state index in [1.165, 1.54) is 11.1 Å². The average Bonchev–Trinajstić information content (AvgIpc) is 2.72. The van der Waals surface area contributed by atoms with Crippen LogP contribution in [0.25, 0.3) is 0 Å². The minimum absolute atomic E-state index is 0.0542. The second-order valence-electron chi connectivity index (χ2n) is 4.88. The lowest BCUT2D eigenvalue weighted by molar-refractivity contribution is 0.275. The minimum Gasteiger partial charge on any atom is -0.390 e. The summed E-state index contributed by atoms with van der Waals surface area (Å²) in [5.41, 5.74) is 4.13. The molecule has 0 fully saturated rings. The van der Waals surface area contributed by atoms with E-state index in [1.807, 2.05) is 10.7 Å². The van der Waals surface area contributed by atoms with E-state index in [0.717, 1.165) is 5.69 Å². The highest BCUT2D eigenvalue weighted by molar-refractivity contribution is 5.23. The fraction of sp³-hybridized carbons (Fsp3) is 0.429. The molecular formula is C14H19N3O. The van der Waals surface area contributed by atoms with Crippen LogP contribution >= 0.6 is 0 Å². The number of aromatic nitrogens is 3. The second kappa shape index (κ2) is 5.31. The summed E-state index contributed by atoms with van der Waals surface area (Å²) < 4.78 is 1.88. The molecule has 0 bridgehead atoms. The van der Waals surface area contributed by atoms with E-state index >= 15 is 0 Å². The van der Waals surface area contributed by atoms with E-state index in [2.05, 4.69) is 49.3 Å². The molecule has 0 amide bonds. The van der Waals surface area contributed by atoms with Crippen LogP contribution in [0, 0.1) is 6.92 Å². The van der Waals surface area contributed by atoms with Gasteiger partial charge in [0.1, 0.15) is 5.69 Å². The van der Waals surface area contributed by atoms with E-state index < -0.39 is 0 Å². The van der Waals surface area contributed by atoms with Crippen LogP contribution in [0.15, 0.2) is 24.3 Å². The zero-order valence-corrected chi connectivity index (χ0v) is 11.1. The topological polar surface area (TPSA) is 50.9 Å². The Labute approximate surface area is 107 Å². The van der Waals surface area contributed by atoms with Crippen molar-refractivity contribution in [3.8, 4) is 0 Å². The number of aliphatic hydroxyl groups excluding tert-OH is 1. The summed E-state index contributed by atoms with van der Waals surface area (Å²) in [4.78, 5) is 0. The molecule has 96 valence electrons. The Bertz CT molecular complexity index is 532. The Morgan fingerprint density at radius 3 is 2.72 bits per heavy atom. The van der Waals surface area contributed by atoms with Crippen molar-refractivity contribution < 1.29 is 5.11 Å². The summed E-state index contributed by atoms with van der Waals surface area (Å²) in [7, 11) is 0. The van der Waals surface area contributed by atoms with Gasteiger partial charge in [0.25, 0.3) is 0 Å². The molecule has 1 N–H and O–H groups in total. The highest BCUT2D eigenvalue weighted by Gasteiger charge is 2.15. The molecule has 4 nitrogen and oxygen atoms in total. The van der Waals surface area contributed by atoms with Gasteiger partial charge in [0.15, 0.2) is 0 Å². The molecule has 2 aromatic rings. The van der Waals surface area contributed by atoms with E-state index in [9.17, 15) is 5.11 Å². The molecule has 0 aliphatic heterocycles. The van der Waals surface area contributed by atoms with Gasteiger partial charge in [0.2, 0.25) is 0 Å². The Hall–Kier alpha value is -1.68. The second-order valence-corrected chi connectivity index (χ2v) is 4.88. The fourth-order valence-electron chi connectivity index (χ4n) is 2.20. The maximum atomic E-state index is 9.28. The number of aliphatic hydroxyl groups is 1. The Morgan fingerprint density at radius 1 is 1.33 bits per heavy atom. The first-order valence-corrected chi connectivity index (χ1v) is 6.20. The van der Waals surface area contributed by atoms with Gasteiger partial charge < -0.3 is 5.11 Å². The van der Waals surface area contributed by atoms with Gasteiger partial charge in [0, 0.05) is 0 Å². The van der Waals surface area contributed by atoms with Crippen LogP contribution in [-0.2, 0) is 13.2 Å². The summed E-state index contributed by atoms with van der Waals surface area (Å²) in [6.45, 7) is 6.89. The first kappa shape index (κ1) is 12.8. The molecule has 0 aliphatic rings. The van der Waals surface area contributed by atoms with E-state index in [1.54, 1.807) is 0 Å². The van der Waals surface area contributed by atoms with Crippen molar-refractivity contribution in [1.29, 1.82) is 0 Å². The Kier molecular flexibility index (Phi) is 3.77. The highest BCUT2D eigenvalue weighted by atomic mass is 16.3. The van der Waals surface area contributed by atoms with Gasteiger partial charge in [-0.2, -0.15) is 0 Å². The van der Waals surface area contributed by atoms with Gasteiger partial charge in [-0.25, -0.2) is 4.68 Å². The average molecular weight is 245 g/mol. The molecule has 0 aliphatic carbocycles. The Balaban J connectivity index is 2.32. The molecule has 0 saturated heterocycles. The molecule has 0 saturated carbocycles. The van der Waals surface area contributed by atoms with E-state index in [0.29, 0.717) is 18.2 Å². The van der Waals surface area contributed by atoms with Gasteiger partial charge >= 0.3 is 0 Å². The maximum absolute atomic E-state index is 9.28. The molecule has 0 atom stereocenters. The third kappa shape index (κ3) is 2.59. The normalized spacial score (nSPS) is 11.2. The first-order chi connectivity index (χ1) is 8.61. The van der Waals surface area contributed by atoms with Crippen molar-refractivity contribution >= 4 is 0 Å². The molecule has 2 rings (SSSR count). The van der Waals surface area contributed by atoms with Crippen LogP contribution in [0.2, 0.25) is 0 Å². The SMILES string of the molecule is Cc1cccc(Cn2nnc(CO)c2C(C)C)c1. The number of benzene rings is 1. The van der Waals surface area contributed by atoms with E-state index in [4.69, 9.17) is 0 Å². The molecule has 4 heteroatoms. The molecule has 1 aromatic carbocycles. The fourth-order valence-corrected chi connectivity index (χ4v) is 2.20. The van der Waals surface area contributed by atoms with Crippen LogP contribution < -0.4 is 0 Å². The van der Waals surface area contributed by atoms with Gasteiger partial charge in [-0.1, -0.05) is 48.9 Å². The summed E-state index contributed by atoms with van der Waals surface area (Å²) >= 11 is 0. The van der Waals surface area contributed by atoms with Gasteiger partial charge in [-0.3, -0.25) is 0 Å². The molecule has 0 unspecified atom stereocenters.